The maximum absolute atomic E-state index is 4.96. The molecule has 0 spiro atoms. The molecule has 0 fully saturated rings. The predicted octanol–water partition coefficient (Wildman–Crippen LogP) is 2.54. The third-order valence-corrected chi connectivity index (χ3v) is 1.91. The van der Waals surface area contributed by atoms with Crippen LogP contribution in [0.3, 0.4) is 0 Å². The molecule has 1 heterocycles. The molecule has 3 nitrogen and oxygen atoms in total. The molecule has 1 aromatic rings. The Bertz CT molecular complexity index is 250. The van der Waals surface area contributed by atoms with Crippen LogP contribution in [0.1, 0.15) is 5.56 Å². The molecule has 0 bridgehead atoms. The first-order chi connectivity index (χ1) is 5.38. The summed E-state index contributed by atoms with van der Waals surface area (Å²) in [6.45, 7) is 0. The van der Waals surface area contributed by atoms with Gasteiger partial charge in [0.25, 0.3) is 0 Å². The van der Waals surface area contributed by atoms with E-state index in [1.807, 2.05) is 35.0 Å². The number of pyridine rings is 1. The highest BCUT2D eigenvalue weighted by molar-refractivity contribution is 14.1. The zero-order chi connectivity index (χ0) is 8.10. The van der Waals surface area contributed by atoms with Crippen molar-refractivity contribution in [3.63, 3.8) is 0 Å². The van der Waals surface area contributed by atoms with Crippen LogP contribution in [0, 0.1) is 0 Å². The molecule has 0 saturated carbocycles. The largest absolute Gasteiger partial charge is 0.407 e. The van der Waals surface area contributed by atoms with E-state index in [4.69, 9.17) is 3.07 Å². The molecule has 0 aliphatic heterocycles. The Morgan fingerprint density at radius 2 is 2.45 bits per heavy atom. The molecule has 1 rings (SSSR count). The lowest BCUT2D eigenvalue weighted by Crippen LogP contribution is -1.98. The Morgan fingerprint density at radius 1 is 1.64 bits per heavy atom. The molecule has 0 radical (unpaired) electrons. The topological polar surface area (TPSA) is 34.5 Å². The van der Waals surface area contributed by atoms with Crippen molar-refractivity contribution in [2.75, 3.05) is 0 Å². The third-order valence-electron chi connectivity index (χ3n) is 1.06. The van der Waals surface area contributed by atoms with E-state index in [9.17, 15) is 0 Å². The van der Waals surface area contributed by atoms with Crippen LogP contribution in [0.5, 0.6) is 0 Å². The van der Waals surface area contributed by atoms with Crippen molar-refractivity contribution in [1.82, 2.24) is 4.98 Å². The van der Waals surface area contributed by atoms with Crippen LogP contribution in [0.4, 0.5) is 0 Å². The van der Waals surface area contributed by atoms with Crippen LogP contribution < -0.4 is 0 Å². The number of nitrogens with zero attached hydrogens (tertiary/aromatic N) is 2. The van der Waals surface area contributed by atoms with Crippen LogP contribution in [0.25, 0.3) is 0 Å². The second-order valence-electron chi connectivity index (χ2n) is 1.71. The van der Waals surface area contributed by atoms with Crippen molar-refractivity contribution in [3.8, 4) is 0 Å². The van der Waals surface area contributed by atoms with Gasteiger partial charge in [0.05, 0.1) is 28.4 Å². The van der Waals surface area contributed by atoms with Gasteiger partial charge in [-0.2, -0.15) is 3.21 Å². The van der Waals surface area contributed by atoms with Gasteiger partial charge >= 0.3 is 0 Å². The predicted molar refractivity (Wildman–Crippen MR) is 59.9 cm³/mol. The minimum atomic E-state index is 0.583. The van der Waals surface area contributed by atoms with E-state index in [1.54, 1.807) is 35.4 Å². The summed E-state index contributed by atoms with van der Waals surface area (Å²) in [7, 11) is 0. The fraction of sp³-hybridized carbons (Fsp3) is 0. The van der Waals surface area contributed by atoms with E-state index in [0.29, 0.717) is 5.90 Å². The lowest BCUT2D eigenvalue weighted by atomic mass is 10.3. The second-order valence-corrected chi connectivity index (χ2v) is 2.63. The van der Waals surface area contributed by atoms with Crippen LogP contribution >= 0.6 is 45.9 Å². The van der Waals surface area contributed by atoms with E-state index in [-0.39, 0.29) is 0 Å². The van der Waals surface area contributed by atoms with Gasteiger partial charge in [-0.15, -0.1) is 0 Å². The van der Waals surface area contributed by atoms with E-state index >= 15 is 0 Å². The van der Waals surface area contributed by atoms with Gasteiger partial charge in [-0.3, -0.25) is 4.98 Å². The van der Waals surface area contributed by atoms with Gasteiger partial charge in [0.15, 0.2) is 23.0 Å². The summed E-state index contributed by atoms with van der Waals surface area (Å²) >= 11 is 3.67. The zero-order valence-electron chi connectivity index (χ0n) is 5.37. The van der Waals surface area contributed by atoms with E-state index < -0.39 is 0 Å². The molecule has 0 aliphatic rings. The lowest BCUT2D eigenvalue weighted by Gasteiger charge is -1.97. The Balaban J connectivity index is 2.92. The third kappa shape index (κ3) is 2.55. The summed E-state index contributed by atoms with van der Waals surface area (Å²) in [5, 5.41) is 0. The molecule has 5 heteroatoms. The molecule has 0 aromatic carbocycles. The summed E-state index contributed by atoms with van der Waals surface area (Å²) in [6, 6.07) is 3.73. The summed E-state index contributed by atoms with van der Waals surface area (Å²) in [5.41, 5.74) is 0.885. The fourth-order valence-corrected chi connectivity index (χ4v) is 1.70. The molecule has 1 aromatic heterocycles. The Labute approximate surface area is 92.5 Å². The first kappa shape index (κ1) is 9.17. The highest BCUT2D eigenvalue weighted by atomic mass is 127. The van der Waals surface area contributed by atoms with Crippen LogP contribution in [-0.4, -0.2) is 10.9 Å². The van der Waals surface area contributed by atoms with Crippen molar-refractivity contribution >= 4 is 51.8 Å². The molecule has 0 amide bonds. The number of hydrogen-bond acceptors (Lipinski definition) is 3. The second kappa shape index (κ2) is 4.86. The fourth-order valence-electron chi connectivity index (χ4n) is 0.596. The zero-order valence-corrected chi connectivity index (χ0v) is 9.68. The van der Waals surface area contributed by atoms with Gasteiger partial charge < -0.3 is 3.07 Å². The van der Waals surface area contributed by atoms with Gasteiger partial charge in [0.1, 0.15) is 0 Å². The van der Waals surface area contributed by atoms with Crippen molar-refractivity contribution in [2.45, 2.75) is 0 Å². The monoisotopic (exact) mass is 374 g/mol. The van der Waals surface area contributed by atoms with Gasteiger partial charge in [-0.05, 0) is 12.1 Å². The number of aromatic nitrogens is 1. The van der Waals surface area contributed by atoms with Crippen LogP contribution in [0.2, 0.25) is 0 Å². The summed E-state index contributed by atoms with van der Waals surface area (Å²) in [5.74, 6) is 0.583. The van der Waals surface area contributed by atoms with Crippen molar-refractivity contribution in [3.05, 3.63) is 30.1 Å². The molecule has 0 aliphatic carbocycles. The first-order valence-electron chi connectivity index (χ1n) is 2.76. The summed E-state index contributed by atoms with van der Waals surface area (Å²) in [6.07, 6.45) is 3.41. The number of hydrogen-bond donors (Lipinski definition) is 0. The van der Waals surface area contributed by atoms with E-state index in [2.05, 4.69) is 8.19 Å². The van der Waals surface area contributed by atoms with Crippen molar-refractivity contribution in [2.24, 2.45) is 3.21 Å². The molecule has 58 valence electrons. The molecular weight excluding hydrogens is 370 g/mol. The lowest BCUT2D eigenvalue weighted by molar-refractivity contribution is 0.725. The number of halogens is 2. The standard InChI is InChI=1S/C6H4I2N2O/c7-10-6(11-8)5-2-1-3-9-4-5/h1-4H. The Hall–Kier alpha value is 0.0800. The van der Waals surface area contributed by atoms with Gasteiger partial charge in [-0.1, -0.05) is 0 Å². The maximum atomic E-state index is 4.96. The van der Waals surface area contributed by atoms with Crippen molar-refractivity contribution in [1.29, 1.82) is 0 Å². The average Bonchev–Trinajstić information content (AvgIpc) is 2.09. The minimum Gasteiger partial charge on any atom is -0.407 e. The molecule has 0 N–H and O–H groups in total. The average molecular weight is 374 g/mol. The Morgan fingerprint density at radius 3 is 2.91 bits per heavy atom. The normalized spacial score (nSPS) is 11.3. The van der Waals surface area contributed by atoms with Crippen LogP contribution in [-0.2, 0) is 3.07 Å². The SMILES string of the molecule is IN=C(OI)c1cccnc1. The number of rotatable bonds is 1. The van der Waals surface area contributed by atoms with Gasteiger partial charge in [0.2, 0.25) is 5.90 Å². The molecular formula is C6H4I2N2O. The highest BCUT2D eigenvalue weighted by Gasteiger charge is 2.01. The van der Waals surface area contributed by atoms with Gasteiger partial charge in [-0.25, -0.2) is 0 Å². The molecule has 0 saturated heterocycles. The minimum absolute atomic E-state index is 0.583. The van der Waals surface area contributed by atoms with E-state index in [1.165, 1.54) is 0 Å². The van der Waals surface area contributed by atoms with Gasteiger partial charge in [0, 0.05) is 12.4 Å². The summed E-state index contributed by atoms with van der Waals surface area (Å²) in [4.78, 5) is 3.93. The quantitative estimate of drug-likeness (QED) is 0.430. The smallest absolute Gasteiger partial charge is 0.238 e. The van der Waals surface area contributed by atoms with Crippen molar-refractivity contribution < 1.29 is 3.07 Å². The molecule has 0 atom stereocenters. The maximum Gasteiger partial charge on any atom is 0.238 e. The molecule has 0 unspecified atom stereocenters. The first-order valence-corrected chi connectivity index (χ1v) is 4.61. The highest BCUT2D eigenvalue weighted by Crippen LogP contribution is 2.05. The van der Waals surface area contributed by atoms with Crippen LogP contribution in [0.15, 0.2) is 27.7 Å². The summed E-state index contributed by atoms with van der Waals surface area (Å²) < 4.78 is 8.85. The Kier molecular flexibility index (Phi) is 4.05. The van der Waals surface area contributed by atoms with E-state index in [0.717, 1.165) is 5.56 Å². The molecule has 11 heavy (non-hydrogen) atoms.